The molecule has 0 spiro atoms. The molecule has 0 saturated carbocycles. The predicted molar refractivity (Wildman–Crippen MR) is 81.1 cm³/mol. The van der Waals surface area contributed by atoms with Crippen molar-refractivity contribution in [1.82, 2.24) is 0 Å². The first-order chi connectivity index (χ1) is 9.99. The number of benzene rings is 2. The summed E-state index contributed by atoms with van der Waals surface area (Å²) in [4.78, 5) is 13.3. The Labute approximate surface area is 123 Å². The van der Waals surface area contributed by atoms with Crippen LogP contribution in [0.3, 0.4) is 0 Å². The molecule has 0 atom stereocenters. The summed E-state index contributed by atoms with van der Waals surface area (Å²) in [5.41, 5.74) is 1.59. The molecule has 2 aromatic rings. The van der Waals surface area contributed by atoms with Crippen LogP contribution < -0.4 is 4.90 Å². The summed E-state index contributed by atoms with van der Waals surface area (Å²) in [5, 5.41) is 9.29. The van der Waals surface area contributed by atoms with Gasteiger partial charge in [0.15, 0.2) is 0 Å². The van der Waals surface area contributed by atoms with Gasteiger partial charge in [-0.2, -0.15) is 0 Å². The van der Waals surface area contributed by atoms with Gasteiger partial charge in [-0.05, 0) is 37.6 Å². The molecule has 21 heavy (non-hydrogen) atoms. The van der Waals surface area contributed by atoms with Crippen molar-refractivity contribution in [2.75, 3.05) is 4.90 Å². The number of nitrogens with zero attached hydrogens (tertiary/aromatic N) is 1. The fourth-order valence-electron chi connectivity index (χ4n) is 2.26. The van der Waals surface area contributed by atoms with Crippen LogP contribution in [0.15, 0.2) is 48.5 Å². The topological polar surface area (TPSA) is 40.5 Å². The molecule has 1 N–H and O–H groups in total. The summed E-state index contributed by atoms with van der Waals surface area (Å²) >= 11 is 0. The van der Waals surface area contributed by atoms with Crippen LogP contribution in [0.1, 0.15) is 29.8 Å². The van der Waals surface area contributed by atoms with Gasteiger partial charge in [-0.3, -0.25) is 0 Å². The highest BCUT2D eigenvalue weighted by molar-refractivity contribution is 5.94. The molecule has 3 nitrogen and oxygen atoms in total. The molecule has 0 saturated heterocycles. The molecule has 0 heterocycles. The van der Waals surface area contributed by atoms with Crippen LogP contribution in [-0.2, 0) is 6.54 Å². The number of carboxylic acid groups (broad SMARTS) is 1. The predicted octanol–water partition coefficient (Wildman–Crippen LogP) is 3.94. The van der Waals surface area contributed by atoms with Gasteiger partial charge in [0, 0.05) is 12.6 Å². The fraction of sp³-hybridized carbons (Fsp3) is 0.235. The van der Waals surface area contributed by atoms with E-state index in [2.05, 4.69) is 0 Å². The number of halogens is 1. The summed E-state index contributed by atoms with van der Waals surface area (Å²) in [6.45, 7) is 4.54. The third kappa shape index (κ3) is 3.60. The van der Waals surface area contributed by atoms with E-state index in [1.54, 1.807) is 0 Å². The van der Waals surface area contributed by atoms with Gasteiger partial charge in [0.1, 0.15) is 5.82 Å². The Hall–Kier alpha value is -2.36. The van der Waals surface area contributed by atoms with E-state index in [1.807, 2.05) is 49.1 Å². The van der Waals surface area contributed by atoms with E-state index in [0.29, 0.717) is 12.2 Å². The maximum Gasteiger partial charge on any atom is 0.337 e. The van der Waals surface area contributed by atoms with E-state index in [0.717, 1.165) is 11.6 Å². The van der Waals surface area contributed by atoms with Gasteiger partial charge in [0.05, 0.1) is 11.3 Å². The number of rotatable bonds is 5. The van der Waals surface area contributed by atoms with E-state index < -0.39 is 11.8 Å². The van der Waals surface area contributed by atoms with E-state index >= 15 is 0 Å². The van der Waals surface area contributed by atoms with Crippen molar-refractivity contribution < 1.29 is 14.3 Å². The second-order valence-electron chi connectivity index (χ2n) is 5.17. The van der Waals surface area contributed by atoms with Crippen molar-refractivity contribution in [3.63, 3.8) is 0 Å². The smallest absolute Gasteiger partial charge is 0.337 e. The first-order valence-corrected chi connectivity index (χ1v) is 6.82. The van der Waals surface area contributed by atoms with Crippen molar-refractivity contribution in [1.29, 1.82) is 0 Å². The second-order valence-corrected chi connectivity index (χ2v) is 5.17. The third-order valence-corrected chi connectivity index (χ3v) is 3.32. The molecule has 0 radical (unpaired) electrons. The Balaban J connectivity index is 2.41. The second kappa shape index (κ2) is 6.39. The van der Waals surface area contributed by atoms with Crippen LogP contribution in [0.25, 0.3) is 0 Å². The van der Waals surface area contributed by atoms with E-state index in [1.165, 1.54) is 12.1 Å². The van der Waals surface area contributed by atoms with Gasteiger partial charge in [0.25, 0.3) is 0 Å². The SMILES string of the molecule is CC(C)N(Cc1ccccc1)c1ccc(F)cc1C(=O)O. The molecule has 0 unspecified atom stereocenters. The van der Waals surface area contributed by atoms with Crippen LogP contribution in [0.4, 0.5) is 10.1 Å². The van der Waals surface area contributed by atoms with Crippen molar-refractivity contribution in [3.05, 3.63) is 65.5 Å². The van der Waals surface area contributed by atoms with E-state index in [4.69, 9.17) is 0 Å². The minimum Gasteiger partial charge on any atom is -0.478 e. The molecule has 2 aromatic carbocycles. The zero-order valence-corrected chi connectivity index (χ0v) is 12.1. The average molecular weight is 287 g/mol. The highest BCUT2D eigenvalue weighted by atomic mass is 19.1. The summed E-state index contributed by atoms with van der Waals surface area (Å²) < 4.78 is 13.3. The Morgan fingerprint density at radius 1 is 1.19 bits per heavy atom. The summed E-state index contributed by atoms with van der Waals surface area (Å²) in [5.74, 6) is -1.66. The van der Waals surface area contributed by atoms with Gasteiger partial charge in [-0.1, -0.05) is 30.3 Å². The molecule has 110 valence electrons. The standard InChI is InChI=1S/C17H18FNO2/c1-12(2)19(11-13-6-4-3-5-7-13)16-9-8-14(18)10-15(16)17(20)21/h3-10,12H,11H2,1-2H3,(H,20,21). The highest BCUT2D eigenvalue weighted by Crippen LogP contribution is 2.25. The van der Waals surface area contributed by atoms with Crippen molar-refractivity contribution in [3.8, 4) is 0 Å². The number of aromatic carboxylic acids is 1. The number of hydrogen-bond acceptors (Lipinski definition) is 2. The van der Waals surface area contributed by atoms with Crippen molar-refractivity contribution >= 4 is 11.7 Å². The monoisotopic (exact) mass is 287 g/mol. The minimum absolute atomic E-state index is 0.0142. The van der Waals surface area contributed by atoms with Crippen molar-refractivity contribution in [2.45, 2.75) is 26.4 Å². The zero-order valence-electron chi connectivity index (χ0n) is 12.1. The maximum atomic E-state index is 13.3. The van der Waals surface area contributed by atoms with Gasteiger partial charge >= 0.3 is 5.97 Å². The normalized spacial score (nSPS) is 10.7. The first kappa shape index (κ1) is 15.0. The quantitative estimate of drug-likeness (QED) is 0.905. The molecule has 4 heteroatoms. The Bertz CT molecular complexity index is 626. The fourth-order valence-corrected chi connectivity index (χ4v) is 2.26. The molecule has 0 aliphatic rings. The average Bonchev–Trinajstić information content (AvgIpc) is 2.46. The molecule has 2 rings (SSSR count). The molecule has 0 aliphatic carbocycles. The number of carboxylic acids is 1. The van der Waals surface area contributed by atoms with Crippen LogP contribution in [-0.4, -0.2) is 17.1 Å². The van der Waals surface area contributed by atoms with E-state index in [-0.39, 0.29) is 11.6 Å². The number of anilines is 1. The zero-order chi connectivity index (χ0) is 15.4. The van der Waals surface area contributed by atoms with Gasteiger partial charge < -0.3 is 10.0 Å². The molecular weight excluding hydrogens is 269 g/mol. The Morgan fingerprint density at radius 2 is 1.86 bits per heavy atom. The summed E-state index contributed by atoms with van der Waals surface area (Å²) in [6.07, 6.45) is 0. The lowest BCUT2D eigenvalue weighted by atomic mass is 10.1. The lowest BCUT2D eigenvalue weighted by Gasteiger charge is -2.30. The third-order valence-electron chi connectivity index (χ3n) is 3.32. The summed E-state index contributed by atoms with van der Waals surface area (Å²) in [7, 11) is 0. The maximum absolute atomic E-state index is 13.3. The highest BCUT2D eigenvalue weighted by Gasteiger charge is 2.19. The van der Waals surface area contributed by atoms with Crippen molar-refractivity contribution in [2.24, 2.45) is 0 Å². The number of hydrogen-bond donors (Lipinski definition) is 1. The summed E-state index contributed by atoms with van der Waals surface area (Å²) in [6, 6.07) is 13.8. The largest absolute Gasteiger partial charge is 0.478 e. The van der Waals surface area contributed by atoms with Crippen LogP contribution >= 0.6 is 0 Å². The number of carbonyl (C=O) groups is 1. The van der Waals surface area contributed by atoms with Gasteiger partial charge in [0.2, 0.25) is 0 Å². The van der Waals surface area contributed by atoms with E-state index in [9.17, 15) is 14.3 Å². The molecule has 0 aromatic heterocycles. The van der Waals surface area contributed by atoms with Gasteiger partial charge in [-0.15, -0.1) is 0 Å². The molecule has 0 aliphatic heterocycles. The Kier molecular flexibility index (Phi) is 4.58. The Morgan fingerprint density at radius 3 is 2.43 bits per heavy atom. The minimum atomic E-state index is -1.12. The molecule has 0 amide bonds. The molecule has 0 bridgehead atoms. The lowest BCUT2D eigenvalue weighted by Crippen LogP contribution is -2.31. The molecule has 0 fully saturated rings. The van der Waals surface area contributed by atoms with Crippen LogP contribution in [0.5, 0.6) is 0 Å². The van der Waals surface area contributed by atoms with Crippen LogP contribution in [0, 0.1) is 5.82 Å². The molecular formula is C17H18FNO2. The van der Waals surface area contributed by atoms with Crippen LogP contribution in [0.2, 0.25) is 0 Å². The van der Waals surface area contributed by atoms with Gasteiger partial charge in [-0.25, -0.2) is 9.18 Å². The first-order valence-electron chi connectivity index (χ1n) is 6.82. The lowest BCUT2D eigenvalue weighted by molar-refractivity contribution is 0.0697.